The summed E-state index contributed by atoms with van der Waals surface area (Å²) in [7, 11) is 0. The van der Waals surface area contributed by atoms with E-state index in [-0.39, 0.29) is 18.8 Å². The topological polar surface area (TPSA) is 158 Å². The molecule has 12 nitrogen and oxygen atoms in total. The van der Waals surface area contributed by atoms with Crippen LogP contribution in [0.25, 0.3) is 0 Å². The molecule has 0 N–H and O–H groups in total. The SMILES string of the molecule is CCOC(=O)c1ccc[n+]([C@@H]2O[C@H](COC(C)=O)[C@@H](OC(C)=O)[C@H]2OC(C)=O)c1.O=C([O-])C(F)(F)F. The summed E-state index contributed by atoms with van der Waals surface area (Å²) < 4.78 is 59.6. The number of hydrogen-bond donors (Lipinski definition) is 0. The van der Waals surface area contributed by atoms with Crippen LogP contribution in [0.4, 0.5) is 13.2 Å². The second-order valence-electron chi connectivity index (χ2n) is 7.06. The number of carbonyl (C=O) groups excluding carboxylic acids is 5. The average molecular weight is 523 g/mol. The van der Waals surface area contributed by atoms with Crippen molar-refractivity contribution in [3.8, 4) is 0 Å². The lowest BCUT2D eigenvalue weighted by atomic mass is 10.1. The molecule has 1 aromatic rings. The van der Waals surface area contributed by atoms with Crippen molar-refractivity contribution < 1.29 is 70.5 Å². The summed E-state index contributed by atoms with van der Waals surface area (Å²) in [6.07, 6.45) is -5.98. The maximum atomic E-state index is 12.0. The van der Waals surface area contributed by atoms with Gasteiger partial charge in [0, 0.05) is 26.8 Å². The van der Waals surface area contributed by atoms with E-state index in [0.29, 0.717) is 0 Å². The molecule has 1 fully saturated rings. The molecule has 4 atom stereocenters. The van der Waals surface area contributed by atoms with E-state index in [1.54, 1.807) is 25.3 Å². The summed E-state index contributed by atoms with van der Waals surface area (Å²) >= 11 is 0. The molecule has 200 valence electrons. The van der Waals surface area contributed by atoms with E-state index < -0.39 is 60.6 Å². The fourth-order valence-electron chi connectivity index (χ4n) is 2.92. The number of esters is 4. The Hall–Kier alpha value is -3.75. The highest BCUT2D eigenvalue weighted by atomic mass is 19.4. The Kier molecular flexibility index (Phi) is 11.2. The van der Waals surface area contributed by atoms with Gasteiger partial charge in [-0.3, -0.25) is 14.4 Å². The third-order valence-electron chi connectivity index (χ3n) is 4.20. The first kappa shape index (κ1) is 30.3. The molecule has 0 radical (unpaired) electrons. The highest BCUT2D eigenvalue weighted by Gasteiger charge is 2.54. The molecule has 0 bridgehead atoms. The van der Waals surface area contributed by atoms with Crippen LogP contribution in [-0.2, 0) is 42.9 Å². The number of hydrogen-bond acceptors (Lipinski definition) is 11. The van der Waals surface area contributed by atoms with Gasteiger partial charge in [0.2, 0.25) is 6.10 Å². The first-order valence-corrected chi connectivity index (χ1v) is 10.3. The molecule has 15 heteroatoms. The monoisotopic (exact) mass is 523 g/mol. The molecule has 0 aromatic carbocycles. The third kappa shape index (κ3) is 9.48. The number of ether oxygens (including phenoxy) is 5. The van der Waals surface area contributed by atoms with Crippen LogP contribution in [0.5, 0.6) is 0 Å². The molecule has 1 saturated heterocycles. The number of pyridine rings is 1. The molecule has 36 heavy (non-hydrogen) atoms. The summed E-state index contributed by atoms with van der Waals surface area (Å²) in [5.74, 6) is -5.31. The van der Waals surface area contributed by atoms with E-state index in [2.05, 4.69) is 0 Å². The van der Waals surface area contributed by atoms with Gasteiger partial charge in [-0.2, -0.15) is 17.7 Å². The van der Waals surface area contributed by atoms with Crippen molar-refractivity contribution in [2.45, 2.75) is 58.4 Å². The van der Waals surface area contributed by atoms with E-state index in [0.717, 1.165) is 0 Å². The van der Waals surface area contributed by atoms with Gasteiger partial charge in [-0.15, -0.1) is 0 Å². The normalized spacial score (nSPS) is 20.9. The van der Waals surface area contributed by atoms with Crippen molar-refractivity contribution in [1.82, 2.24) is 0 Å². The van der Waals surface area contributed by atoms with Crippen molar-refractivity contribution in [1.29, 1.82) is 0 Å². The maximum Gasteiger partial charge on any atom is 0.430 e. The second-order valence-corrected chi connectivity index (χ2v) is 7.06. The zero-order chi connectivity index (χ0) is 27.6. The lowest BCUT2D eigenvalue weighted by molar-refractivity contribution is -0.765. The van der Waals surface area contributed by atoms with Crippen molar-refractivity contribution >= 4 is 29.8 Å². The third-order valence-corrected chi connectivity index (χ3v) is 4.20. The Labute approximate surface area is 202 Å². The van der Waals surface area contributed by atoms with E-state index in [9.17, 15) is 32.3 Å². The highest BCUT2D eigenvalue weighted by molar-refractivity contribution is 5.88. The molecule has 0 aliphatic carbocycles. The Morgan fingerprint density at radius 2 is 1.56 bits per heavy atom. The number of aliphatic carboxylic acids is 1. The molecule has 2 rings (SSSR count). The van der Waals surface area contributed by atoms with Crippen molar-refractivity contribution in [3.63, 3.8) is 0 Å². The quantitative estimate of drug-likeness (QED) is 0.264. The number of nitrogens with zero attached hydrogens (tertiary/aromatic N) is 1. The van der Waals surface area contributed by atoms with E-state index in [1.807, 2.05) is 0 Å². The summed E-state index contributed by atoms with van der Waals surface area (Å²) in [5.41, 5.74) is 0.256. The highest BCUT2D eigenvalue weighted by Crippen LogP contribution is 2.31. The first-order valence-electron chi connectivity index (χ1n) is 10.3. The van der Waals surface area contributed by atoms with Gasteiger partial charge >= 0.3 is 36.3 Å². The second kappa shape index (κ2) is 13.4. The molecule has 2 heterocycles. The maximum absolute atomic E-state index is 12.0. The average Bonchev–Trinajstić information content (AvgIpc) is 3.08. The minimum atomic E-state index is -5.19. The molecule has 0 spiro atoms. The number of halogens is 3. The van der Waals surface area contributed by atoms with Gasteiger partial charge in [-0.1, -0.05) is 0 Å². The molecule has 0 amide bonds. The molecule has 1 aromatic heterocycles. The molecule has 0 saturated carbocycles. The predicted octanol–water partition coefficient (Wildman–Crippen LogP) is -0.227. The van der Waals surface area contributed by atoms with Crippen LogP contribution in [0.3, 0.4) is 0 Å². The Balaban J connectivity index is 0.000000809. The Bertz CT molecular complexity index is 967. The van der Waals surface area contributed by atoms with Gasteiger partial charge in [0.25, 0.3) is 0 Å². The van der Waals surface area contributed by atoms with Crippen molar-refractivity contribution in [2.75, 3.05) is 13.2 Å². The van der Waals surface area contributed by atoms with Crippen LogP contribution in [0.15, 0.2) is 24.5 Å². The molecular weight excluding hydrogens is 499 g/mol. The zero-order valence-electron chi connectivity index (χ0n) is 19.6. The van der Waals surface area contributed by atoms with Gasteiger partial charge in [-0.05, 0) is 13.0 Å². The minimum Gasteiger partial charge on any atom is -0.542 e. The van der Waals surface area contributed by atoms with Gasteiger partial charge < -0.3 is 33.6 Å². The fraction of sp³-hybridized carbons (Fsp3) is 0.524. The zero-order valence-corrected chi connectivity index (χ0v) is 19.6. The Morgan fingerprint density at radius 3 is 2.03 bits per heavy atom. The largest absolute Gasteiger partial charge is 0.542 e. The van der Waals surface area contributed by atoms with Gasteiger partial charge in [0.05, 0.1) is 6.61 Å². The van der Waals surface area contributed by atoms with Crippen LogP contribution in [0, 0.1) is 0 Å². The number of carbonyl (C=O) groups is 5. The lowest BCUT2D eigenvalue weighted by Crippen LogP contribution is -2.48. The van der Waals surface area contributed by atoms with Crippen molar-refractivity contribution in [3.05, 3.63) is 30.1 Å². The first-order chi connectivity index (χ1) is 16.7. The summed E-state index contributed by atoms with van der Waals surface area (Å²) in [6.45, 7) is 5.34. The summed E-state index contributed by atoms with van der Waals surface area (Å²) in [4.78, 5) is 55.2. The number of alkyl halides is 3. The van der Waals surface area contributed by atoms with Crippen LogP contribution >= 0.6 is 0 Å². The van der Waals surface area contributed by atoms with E-state index in [4.69, 9.17) is 33.6 Å². The van der Waals surface area contributed by atoms with E-state index in [1.165, 1.54) is 31.5 Å². The van der Waals surface area contributed by atoms with Gasteiger partial charge in [0.15, 0.2) is 18.5 Å². The molecular formula is C21H24F3NO11. The van der Waals surface area contributed by atoms with Crippen molar-refractivity contribution in [2.24, 2.45) is 0 Å². The molecule has 0 unspecified atom stereocenters. The number of rotatable bonds is 7. The lowest BCUT2D eigenvalue weighted by Gasteiger charge is -2.21. The van der Waals surface area contributed by atoms with Crippen LogP contribution in [0.1, 0.15) is 44.3 Å². The number of aromatic nitrogens is 1. The molecule has 1 aliphatic heterocycles. The number of carboxylic acids is 1. The van der Waals surface area contributed by atoms with Gasteiger partial charge in [-0.25, -0.2) is 4.79 Å². The van der Waals surface area contributed by atoms with Crippen LogP contribution in [0.2, 0.25) is 0 Å². The smallest absolute Gasteiger partial charge is 0.430 e. The van der Waals surface area contributed by atoms with Crippen LogP contribution < -0.4 is 9.67 Å². The minimum absolute atomic E-state index is 0.209. The fourth-order valence-corrected chi connectivity index (χ4v) is 2.92. The van der Waals surface area contributed by atoms with Crippen LogP contribution in [-0.4, -0.2) is 67.5 Å². The predicted molar refractivity (Wildman–Crippen MR) is 105 cm³/mol. The Morgan fingerprint density at radius 1 is 1.00 bits per heavy atom. The molecule has 1 aliphatic rings. The summed E-state index contributed by atoms with van der Waals surface area (Å²) in [6, 6.07) is 3.16. The van der Waals surface area contributed by atoms with Gasteiger partial charge in [0.1, 0.15) is 24.2 Å². The number of carboxylic acid groups (broad SMARTS) is 1. The van der Waals surface area contributed by atoms with E-state index >= 15 is 0 Å². The summed E-state index contributed by atoms with van der Waals surface area (Å²) in [5, 5.41) is 8.78. The standard InChI is InChI=1S/C19H24NO9.C2HF3O2/c1-5-25-19(24)14-7-6-8-20(9-14)18-17(28-13(4)23)16(27-12(3)22)15(29-18)10-26-11(2)21;3-2(4,5)1(6)7/h6-9,15-18H,5,10H2,1-4H3;(H,6,7)/q+1;/p-1/t15-,16-,17-,18-;/m1./s1.